The molecule has 17 heteroatoms. The van der Waals surface area contributed by atoms with Crippen LogP contribution >= 0.6 is 0 Å². The molecule has 0 saturated heterocycles. The van der Waals surface area contributed by atoms with Crippen molar-refractivity contribution in [3.8, 4) is 0 Å². The van der Waals surface area contributed by atoms with E-state index in [4.69, 9.17) is 42.9 Å². The maximum atomic E-state index is 8.63. The first kappa shape index (κ1) is 30.9. The summed E-state index contributed by atoms with van der Waals surface area (Å²) in [6.07, 6.45) is 0. The van der Waals surface area contributed by atoms with Gasteiger partial charge in [-0.05, 0) is 0 Å². The van der Waals surface area contributed by atoms with Crippen LogP contribution in [0.5, 0.6) is 0 Å². The fourth-order valence-corrected chi connectivity index (χ4v) is 0. The Balaban J connectivity index is -0.0000000400. The van der Waals surface area contributed by atoms with Crippen LogP contribution in [0.3, 0.4) is 0 Å². The summed E-state index contributed by atoms with van der Waals surface area (Å²) in [5.41, 5.74) is 0. The molecule has 0 aromatic heterocycles. The summed E-state index contributed by atoms with van der Waals surface area (Å²) in [6, 6.07) is 0. The fraction of sp³-hybridized carbons (Fsp3) is 0. The summed E-state index contributed by atoms with van der Waals surface area (Å²) in [5.74, 6) is 0. The van der Waals surface area contributed by atoms with Gasteiger partial charge in [0.1, 0.15) is 0 Å². The zero-order valence-electron chi connectivity index (χ0n) is 7.57. The van der Waals surface area contributed by atoms with Crippen LogP contribution in [0.25, 0.3) is 0 Å². The number of quaternary nitrogens is 1. The first-order valence-electron chi connectivity index (χ1n) is 2.00. The van der Waals surface area contributed by atoms with E-state index in [0.29, 0.717) is 0 Å². The molecule has 109 valence electrons. The van der Waals surface area contributed by atoms with Gasteiger partial charge in [0.15, 0.2) is 0 Å². The Morgan fingerprint density at radius 1 is 0.471 bits per heavy atom. The van der Waals surface area contributed by atoms with E-state index >= 15 is 0 Å². The standard InChI is InChI=1S/3Mo.H3N.12O.V/h;;;1H3;;;;;;;;;;;;;/q;;;;;;;;;;6*-1;/p+1. The molecular weight excluding hydrogens is 545 g/mol. The zero-order valence-corrected chi connectivity index (χ0v) is 15.0. The quantitative estimate of drug-likeness (QED) is 0.276. The third-order valence-corrected chi connectivity index (χ3v) is 0. The van der Waals surface area contributed by atoms with E-state index in [0.717, 1.165) is 0 Å². The van der Waals surface area contributed by atoms with Crippen LogP contribution < -0.4 is 28.7 Å². The minimum atomic E-state index is -6.02. The van der Waals surface area contributed by atoms with Crippen molar-refractivity contribution in [3.05, 3.63) is 0 Å². The van der Waals surface area contributed by atoms with Crippen molar-refractivity contribution in [1.82, 2.24) is 6.15 Å². The van der Waals surface area contributed by atoms with Crippen LogP contribution in [0.4, 0.5) is 0 Å². The Morgan fingerprint density at radius 3 is 0.471 bits per heavy atom. The second kappa shape index (κ2) is 12.2. The minimum Gasteiger partial charge on any atom is 0 e. The van der Waals surface area contributed by atoms with Gasteiger partial charge in [-0.1, -0.05) is 0 Å². The van der Waals surface area contributed by atoms with Crippen molar-refractivity contribution in [2.75, 3.05) is 0 Å². The average molecular weight is 549 g/mol. The molecular formula is H4Mo3NO12V-5. The van der Waals surface area contributed by atoms with Gasteiger partial charge in [0.05, 0.1) is 0 Å². The van der Waals surface area contributed by atoms with Crippen LogP contribution in [0.2, 0.25) is 0 Å². The maximum Gasteiger partial charge on any atom is 0 e. The molecule has 0 fully saturated rings. The molecule has 1 radical (unpaired) electrons. The largest absolute Gasteiger partial charge is 0 e. The molecule has 0 aliphatic heterocycles. The molecule has 0 aliphatic carbocycles. The number of hydrogen-bond acceptors (Lipinski definition) is 12. The van der Waals surface area contributed by atoms with E-state index < -0.39 is 50.2 Å². The van der Waals surface area contributed by atoms with Crippen LogP contribution in [0, 0.1) is 0 Å². The van der Waals surface area contributed by atoms with E-state index in [2.05, 4.69) is 0 Å². The van der Waals surface area contributed by atoms with E-state index in [1.807, 2.05) is 0 Å². The molecule has 0 spiro atoms. The van der Waals surface area contributed by atoms with Gasteiger partial charge < -0.3 is 6.15 Å². The molecule has 0 aliphatic rings. The van der Waals surface area contributed by atoms with Crippen LogP contribution in [0.1, 0.15) is 0 Å². The molecule has 0 saturated carbocycles. The topological polar surface area (TPSA) is 277 Å². The smallest absolute Gasteiger partial charge is 0 e. The molecule has 0 bridgehead atoms. The third-order valence-electron chi connectivity index (χ3n) is 0. The first-order valence-corrected chi connectivity index (χ1v) is 11.8. The second-order valence-corrected chi connectivity index (χ2v) is 7.25. The van der Waals surface area contributed by atoms with Crippen LogP contribution in [-0.4, -0.2) is 0 Å². The summed E-state index contributed by atoms with van der Waals surface area (Å²) in [7, 11) is 0. The van der Waals surface area contributed by atoms with Crippen molar-refractivity contribution >= 4 is 0 Å². The summed E-state index contributed by atoms with van der Waals surface area (Å²) in [5, 5.41) is 0. The molecule has 0 amide bonds. The van der Waals surface area contributed by atoms with E-state index in [1.165, 1.54) is 0 Å². The van der Waals surface area contributed by atoms with Gasteiger partial charge >= 0.3 is 93.2 Å². The molecule has 17 heavy (non-hydrogen) atoms. The van der Waals surface area contributed by atoms with E-state index in [9.17, 15) is 0 Å². The zero-order chi connectivity index (χ0) is 13.5. The normalized spacial score (nSPS) is 10.2. The third kappa shape index (κ3) is 2890. The molecule has 0 rings (SSSR count). The van der Waals surface area contributed by atoms with Crippen molar-refractivity contribution < 1.29 is 112 Å². The van der Waals surface area contributed by atoms with Gasteiger partial charge in [-0.25, -0.2) is 0 Å². The second-order valence-electron chi connectivity index (χ2n) is 1.22. The summed E-state index contributed by atoms with van der Waals surface area (Å²) in [6.45, 7) is 0. The Morgan fingerprint density at radius 2 is 0.471 bits per heavy atom. The first-order chi connectivity index (χ1) is 6.00. The maximum absolute atomic E-state index is 8.63. The monoisotopic (exact) mass is 555 g/mol. The van der Waals surface area contributed by atoms with Crippen molar-refractivity contribution in [2.45, 2.75) is 0 Å². The van der Waals surface area contributed by atoms with Crippen LogP contribution in [0.15, 0.2) is 0 Å². The molecule has 0 unspecified atom stereocenters. The predicted molar refractivity (Wildman–Crippen MR) is 10.1 cm³/mol. The van der Waals surface area contributed by atoms with Gasteiger partial charge in [-0.15, -0.1) is 0 Å². The van der Waals surface area contributed by atoms with Gasteiger partial charge in [0, 0.05) is 18.6 Å². The predicted octanol–water partition coefficient (Wildman–Crippen LogP) is -7.48. The molecule has 0 atom stereocenters. The van der Waals surface area contributed by atoms with Gasteiger partial charge in [-0.2, -0.15) is 0 Å². The van der Waals surface area contributed by atoms with E-state index in [1.54, 1.807) is 0 Å². The summed E-state index contributed by atoms with van der Waals surface area (Å²) >= 11 is -18.1. The minimum absolute atomic E-state index is 0. The molecule has 4 N–H and O–H groups in total. The fourth-order valence-electron chi connectivity index (χ4n) is 0. The summed E-state index contributed by atoms with van der Waals surface area (Å²) in [4.78, 5) is 0. The van der Waals surface area contributed by atoms with Crippen LogP contribution in [-0.2, 0) is 89.2 Å². The molecule has 0 aromatic carbocycles. The molecule has 13 nitrogen and oxygen atoms in total. The Kier molecular flexibility index (Phi) is 22.2. The molecule has 0 aromatic rings. The summed E-state index contributed by atoms with van der Waals surface area (Å²) < 4.78 is 104. The Hall–Kier alpha value is 1.17. The van der Waals surface area contributed by atoms with E-state index in [-0.39, 0.29) is 24.7 Å². The Bertz CT molecular complexity index is 343. The van der Waals surface area contributed by atoms with Gasteiger partial charge in [-0.3, -0.25) is 0 Å². The van der Waals surface area contributed by atoms with Crippen molar-refractivity contribution in [2.24, 2.45) is 0 Å². The number of rotatable bonds is 0. The van der Waals surface area contributed by atoms with Crippen molar-refractivity contribution in [1.29, 1.82) is 0 Å². The Labute approximate surface area is 117 Å². The van der Waals surface area contributed by atoms with Gasteiger partial charge in [0.25, 0.3) is 0 Å². The van der Waals surface area contributed by atoms with Gasteiger partial charge in [0.2, 0.25) is 0 Å². The number of hydrogen-bond donors (Lipinski definition) is 1. The SMILES string of the molecule is [NH4+].[O]=[Mo](=[O])([O-])[O-].[O]=[Mo](=[O])([O-])[O-].[O]=[Mo](=[O])([O-])[O-].[V]. The molecule has 0 heterocycles. The average Bonchev–Trinajstić information content (AvgIpc) is 1.41. The van der Waals surface area contributed by atoms with Crippen molar-refractivity contribution in [3.63, 3.8) is 0 Å².